The summed E-state index contributed by atoms with van der Waals surface area (Å²) in [6, 6.07) is 0. The number of likely N-dealkylation sites (N-methyl/N-ethyl adjacent to an activating group) is 2. The second kappa shape index (κ2) is 17.9. The van der Waals surface area contributed by atoms with Gasteiger partial charge in [-0.05, 0) is 39.0 Å². The van der Waals surface area contributed by atoms with Crippen molar-refractivity contribution >= 4 is 0 Å². The standard InChI is InChI=1S/C16H36N2O2.H2O/c1-5-9-17(7-3)11-13-19-15-16-20-14-12-18(8-4)10-6-2;/h5-16H2,1-4H3;1H2. The van der Waals surface area contributed by atoms with E-state index in [1.54, 1.807) is 0 Å². The maximum atomic E-state index is 5.61. The molecule has 0 aliphatic rings. The van der Waals surface area contributed by atoms with Crippen molar-refractivity contribution in [2.45, 2.75) is 40.5 Å². The zero-order valence-electron chi connectivity index (χ0n) is 14.7. The van der Waals surface area contributed by atoms with Gasteiger partial charge in [-0.3, -0.25) is 0 Å². The Kier molecular flexibility index (Phi) is 19.6. The fourth-order valence-electron chi connectivity index (χ4n) is 2.20. The van der Waals surface area contributed by atoms with E-state index in [0.717, 1.165) is 39.4 Å². The minimum absolute atomic E-state index is 0. The second-order valence-corrected chi connectivity index (χ2v) is 5.09. The summed E-state index contributed by atoms with van der Waals surface area (Å²) in [6.45, 7) is 18.5. The highest BCUT2D eigenvalue weighted by molar-refractivity contribution is 4.54. The van der Waals surface area contributed by atoms with Crippen LogP contribution in [0.15, 0.2) is 0 Å². The van der Waals surface area contributed by atoms with Crippen LogP contribution in [0.1, 0.15) is 40.5 Å². The summed E-state index contributed by atoms with van der Waals surface area (Å²) in [5.41, 5.74) is 0. The van der Waals surface area contributed by atoms with E-state index < -0.39 is 0 Å². The Morgan fingerprint density at radius 2 is 0.952 bits per heavy atom. The highest BCUT2D eigenvalue weighted by Crippen LogP contribution is 1.92. The number of hydrogen-bond acceptors (Lipinski definition) is 4. The Morgan fingerprint density at radius 3 is 1.24 bits per heavy atom. The fraction of sp³-hybridized carbons (Fsp3) is 1.00. The van der Waals surface area contributed by atoms with Gasteiger partial charge in [-0.25, -0.2) is 0 Å². The first kappa shape index (κ1) is 23.1. The first-order valence-electron chi connectivity index (χ1n) is 8.38. The Hall–Kier alpha value is -0.200. The third-order valence-electron chi connectivity index (χ3n) is 3.45. The fourth-order valence-corrected chi connectivity index (χ4v) is 2.20. The monoisotopic (exact) mass is 306 g/mol. The van der Waals surface area contributed by atoms with Crippen LogP contribution >= 0.6 is 0 Å². The minimum atomic E-state index is 0. The van der Waals surface area contributed by atoms with Crippen molar-refractivity contribution < 1.29 is 14.9 Å². The first-order valence-corrected chi connectivity index (χ1v) is 8.38. The van der Waals surface area contributed by atoms with Crippen LogP contribution in [0.5, 0.6) is 0 Å². The molecule has 0 aromatic rings. The molecule has 0 amide bonds. The van der Waals surface area contributed by atoms with E-state index in [4.69, 9.17) is 9.47 Å². The summed E-state index contributed by atoms with van der Waals surface area (Å²) < 4.78 is 11.2. The van der Waals surface area contributed by atoms with E-state index in [1.807, 2.05) is 0 Å². The van der Waals surface area contributed by atoms with E-state index in [2.05, 4.69) is 37.5 Å². The summed E-state index contributed by atoms with van der Waals surface area (Å²) in [4.78, 5) is 4.84. The Bertz CT molecular complexity index is 174. The van der Waals surface area contributed by atoms with Gasteiger partial charge < -0.3 is 24.7 Å². The molecule has 0 radical (unpaired) electrons. The molecular weight excluding hydrogens is 268 g/mol. The van der Waals surface area contributed by atoms with E-state index in [0.29, 0.717) is 13.2 Å². The van der Waals surface area contributed by atoms with Crippen molar-refractivity contribution in [2.24, 2.45) is 0 Å². The molecule has 0 fully saturated rings. The van der Waals surface area contributed by atoms with E-state index in [1.165, 1.54) is 25.9 Å². The van der Waals surface area contributed by atoms with Crippen molar-refractivity contribution in [3.05, 3.63) is 0 Å². The smallest absolute Gasteiger partial charge is 0.0701 e. The molecule has 5 heteroatoms. The van der Waals surface area contributed by atoms with Crippen LogP contribution < -0.4 is 0 Å². The van der Waals surface area contributed by atoms with Gasteiger partial charge >= 0.3 is 0 Å². The average Bonchev–Trinajstić information content (AvgIpc) is 2.47. The van der Waals surface area contributed by atoms with E-state index >= 15 is 0 Å². The van der Waals surface area contributed by atoms with Crippen LogP contribution in [0, 0.1) is 0 Å². The largest absolute Gasteiger partial charge is 0.412 e. The molecule has 0 saturated carbocycles. The normalized spacial score (nSPS) is 11.1. The van der Waals surface area contributed by atoms with Gasteiger partial charge in [-0.15, -0.1) is 0 Å². The number of rotatable bonds is 15. The molecule has 0 bridgehead atoms. The van der Waals surface area contributed by atoms with Crippen LogP contribution in [0.3, 0.4) is 0 Å². The molecule has 0 aliphatic carbocycles. The number of hydrogen-bond donors (Lipinski definition) is 0. The Balaban J connectivity index is 0. The van der Waals surface area contributed by atoms with Crippen molar-refractivity contribution in [1.29, 1.82) is 0 Å². The lowest BCUT2D eigenvalue weighted by Gasteiger charge is -2.20. The highest BCUT2D eigenvalue weighted by Gasteiger charge is 2.01. The van der Waals surface area contributed by atoms with Crippen molar-refractivity contribution in [2.75, 3.05) is 65.7 Å². The molecule has 0 saturated heterocycles. The van der Waals surface area contributed by atoms with E-state index in [9.17, 15) is 0 Å². The second-order valence-electron chi connectivity index (χ2n) is 5.09. The lowest BCUT2D eigenvalue weighted by molar-refractivity contribution is 0.0320. The lowest BCUT2D eigenvalue weighted by Crippen LogP contribution is -2.29. The Labute approximate surface area is 131 Å². The molecule has 0 aromatic carbocycles. The quantitative estimate of drug-likeness (QED) is 0.432. The topological polar surface area (TPSA) is 56.4 Å². The summed E-state index contributed by atoms with van der Waals surface area (Å²) in [5.74, 6) is 0. The zero-order valence-corrected chi connectivity index (χ0v) is 14.7. The van der Waals surface area contributed by atoms with Gasteiger partial charge in [0.05, 0.1) is 26.4 Å². The molecule has 0 spiro atoms. The van der Waals surface area contributed by atoms with Crippen molar-refractivity contribution in [1.82, 2.24) is 9.80 Å². The summed E-state index contributed by atoms with van der Waals surface area (Å²) in [6.07, 6.45) is 2.42. The predicted molar refractivity (Wildman–Crippen MR) is 90.1 cm³/mol. The molecule has 0 atom stereocenters. The molecule has 0 aliphatic heterocycles. The molecule has 0 aromatic heterocycles. The maximum Gasteiger partial charge on any atom is 0.0701 e. The molecule has 5 nitrogen and oxygen atoms in total. The summed E-state index contributed by atoms with van der Waals surface area (Å²) in [7, 11) is 0. The molecule has 0 unspecified atom stereocenters. The summed E-state index contributed by atoms with van der Waals surface area (Å²) >= 11 is 0. The minimum Gasteiger partial charge on any atom is -0.412 e. The van der Waals surface area contributed by atoms with Gasteiger partial charge in [0.1, 0.15) is 0 Å². The van der Waals surface area contributed by atoms with Gasteiger partial charge in [-0.1, -0.05) is 27.7 Å². The predicted octanol–water partition coefficient (Wildman–Crippen LogP) is 1.66. The molecule has 0 heterocycles. The van der Waals surface area contributed by atoms with Gasteiger partial charge in [0.15, 0.2) is 0 Å². The third-order valence-corrected chi connectivity index (χ3v) is 3.45. The molecule has 21 heavy (non-hydrogen) atoms. The first-order chi connectivity index (χ1) is 9.78. The maximum absolute atomic E-state index is 5.61. The molecular formula is C16H38N2O3. The highest BCUT2D eigenvalue weighted by atomic mass is 16.5. The molecule has 0 rings (SSSR count). The van der Waals surface area contributed by atoms with E-state index in [-0.39, 0.29) is 5.48 Å². The lowest BCUT2D eigenvalue weighted by atomic mass is 10.4. The van der Waals surface area contributed by atoms with Crippen LogP contribution in [0.2, 0.25) is 0 Å². The number of nitrogens with zero attached hydrogens (tertiary/aromatic N) is 2. The van der Waals surface area contributed by atoms with Crippen LogP contribution in [0.4, 0.5) is 0 Å². The Morgan fingerprint density at radius 1 is 0.571 bits per heavy atom. The van der Waals surface area contributed by atoms with Crippen molar-refractivity contribution in [3.8, 4) is 0 Å². The third kappa shape index (κ3) is 14.5. The SMILES string of the molecule is CCCN(CC)CCOCCOCCN(CC)CCC.O. The van der Waals surface area contributed by atoms with Crippen LogP contribution in [-0.4, -0.2) is 81.0 Å². The van der Waals surface area contributed by atoms with Gasteiger partial charge in [-0.2, -0.15) is 0 Å². The van der Waals surface area contributed by atoms with Crippen LogP contribution in [-0.2, 0) is 9.47 Å². The summed E-state index contributed by atoms with van der Waals surface area (Å²) in [5, 5.41) is 0. The number of ether oxygens (including phenoxy) is 2. The molecule has 2 N–H and O–H groups in total. The van der Waals surface area contributed by atoms with Gasteiger partial charge in [0, 0.05) is 13.1 Å². The molecule has 130 valence electrons. The zero-order chi connectivity index (χ0) is 15.1. The van der Waals surface area contributed by atoms with Gasteiger partial charge in [0.2, 0.25) is 0 Å². The van der Waals surface area contributed by atoms with Gasteiger partial charge in [0.25, 0.3) is 0 Å². The average molecular weight is 306 g/mol. The van der Waals surface area contributed by atoms with Crippen LogP contribution in [0.25, 0.3) is 0 Å². The van der Waals surface area contributed by atoms with Crippen molar-refractivity contribution in [3.63, 3.8) is 0 Å².